The number of carbonyl (C=O) groups excluding carboxylic acids is 1. The predicted molar refractivity (Wildman–Crippen MR) is 137 cm³/mol. The summed E-state index contributed by atoms with van der Waals surface area (Å²) in [5, 5.41) is 3.15. The summed E-state index contributed by atoms with van der Waals surface area (Å²) in [6.07, 6.45) is 2.72. The number of nitrogens with one attached hydrogen (secondary N) is 1. The molecule has 1 aliphatic heterocycles. The van der Waals surface area contributed by atoms with Crippen LogP contribution in [-0.4, -0.2) is 40.0 Å². The predicted octanol–water partition coefficient (Wildman–Crippen LogP) is 5.04. The molecule has 1 fully saturated rings. The first kappa shape index (κ1) is 23.2. The smallest absolute Gasteiger partial charge is 0.224 e. The number of carbonyl (C=O) groups is 1. The number of aromatic nitrogens is 2. The number of hydrogen-bond acceptors (Lipinski definition) is 3. The van der Waals surface area contributed by atoms with Crippen LogP contribution in [0.1, 0.15) is 29.8 Å². The molecule has 1 N–H and O–H groups in total. The maximum Gasteiger partial charge on any atom is 0.224 e. The van der Waals surface area contributed by atoms with Crippen LogP contribution in [0, 0.1) is 18.7 Å². The molecule has 0 unspecified atom stereocenters. The Balaban J connectivity index is 1.26. The summed E-state index contributed by atoms with van der Waals surface area (Å²) < 4.78 is 15.7. The quantitative estimate of drug-likeness (QED) is 0.412. The number of halogens is 1. The van der Waals surface area contributed by atoms with Crippen molar-refractivity contribution < 1.29 is 9.18 Å². The van der Waals surface area contributed by atoms with Gasteiger partial charge in [0.2, 0.25) is 5.91 Å². The van der Waals surface area contributed by atoms with E-state index < -0.39 is 0 Å². The van der Waals surface area contributed by atoms with Crippen molar-refractivity contribution in [2.24, 2.45) is 5.92 Å². The van der Waals surface area contributed by atoms with Gasteiger partial charge in [-0.25, -0.2) is 9.37 Å². The highest BCUT2D eigenvalue weighted by molar-refractivity contribution is 5.79. The maximum absolute atomic E-state index is 13.6. The van der Waals surface area contributed by atoms with Crippen LogP contribution < -0.4 is 5.32 Å². The first-order valence-electron chi connectivity index (χ1n) is 12.3. The number of aryl methyl sites for hydroxylation is 1. The molecule has 35 heavy (non-hydrogen) atoms. The van der Waals surface area contributed by atoms with Crippen molar-refractivity contribution in [1.29, 1.82) is 0 Å². The van der Waals surface area contributed by atoms with E-state index >= 15 is 0 Å². The number of hydrogen-bond donors (Lipinski definition) is 1. The fourth-order valence-corrected chi connectivity index (χ4v) is 5.02. The summed E-state index contributed by atoms with van der Waals surface area (Å²) in [6, 6.07) is 23.0. The average molecular weight is 471 g/mol. The Morgan fingerprint density at radius 2 is 1.91 bits per heavy atom. The van der Waals surface area contributed by atoms with Gasteiger partial charge in [-0.1, -0.05) is 42.0 Å². The Hall–Kier alpha value is -3.51. The zero-order valence-corrected chi connectivity index (χ0v) is 20.1. The number of likely N-dealkylation sites (tertiary alicyclic amines) is 1. The van der Waals surface area contributed by atoms with Crippen LogP contribution in [0.4, 0.5) is 4.39 Å². The monoisotopic (exact) mass is 470 g/mol. The average Bonchev–Trinajstić information content (AvgIpc) is 3.22. The van der Waals surface area contributed by atoms with Crippen LogP contribution in [0.15, 0.2) is 72.8 Å². The van der Waals surface area contributed by atoms with Crippen molar-refractivity contribution in [3.05, 3.63) is 95.6 Å². The number of fused-ring (bicyclic) bond motifs is 1. The molecule has 0 aliphatic carbocycles. The van der Waals surface area contributed by atoms with Crippen LogP contribution in [-0.2, 0) is 17.8 Å². The normalized spacial score (nSPS) is 16.5. The van der Waals surface area contributed by atoms with Crippen LogP contribution in [0.25, 0.3) is 16.7 Å². The summed E-state index contributed by atoms with van der Waals surface area (Å²) in [4.78, 5) is 20.1. The van der Waals surface area contributed by atoms with Crippen LogP contribution >= 0.6 is 0 Å². The Bertz CT molecular complexity index is 1310. The SMILES string of the molecule is Cc1cccc(CCNC(=O)[C@H]2CCCN(Cc3nc4ccccc4n3-c3ccc(F)cc3)C2)c1. The van der Waals surface area contributed by atoms with E-state index in [1.807, 2.05) is 24.3 Å². The number of para-hydroxylation sites is 2. The molecule has 1 amide bonds. The molecule has 0 radical (unpaired) electrons. The zero-order chi connectivity index (χ0) is 24.2. The van der Waals surface area contributed by atoms with Gasteiger partial charge in [-0.2, -0.15) is 0 Å². The molecule has 1 atom stereocenters. The standard InChI is InChI=1S/C29H31FN4O/c1-21-6-4-7-22(18-21)15-16-31-29(35)23-8-5-17-33(19-23)20-28-32-26-9-2-3-10-27(26)34(28)25-13-11-24(30)12-14-25/h2-4,6-7,9-14,18,23H,5,8,15-17,19-20H2,1H3,(H,31,35)/t23-/m0/s1. The highest BCUT2D eigenvalue weighted by Gasteiger charge is 2.27. The number of benzene rings is 3. The van der Waals surface area contributed by atoms with E-state index in [2.05, 4.69) is 46.0 Å². The minimum Gasteiger partial charge on any atom is -0.355 e. The van der Waals surface area contributed by atoms with Gasteiger partial charge in [0.15, 0.2) is 0 Å². The van der Waals surface area contributed by atoms with Gasteiger partial charge in [0.05, 0.1) is 23.5 Å². The molecule has 180 valence electrons. The van der Waals surface area contributed by atoms with E-state index in [0.29, 0.717) is 19.6 Å². The van der Waals surface area contributed by atoms with E-state index in [4.69, 9.17) is 4.98 Å². The zero-order valence-electron chi connectivity index (χ0n) is 20.1. The fourth-order valence-electron chi connectivity index (χ4n) is 5.02. The number of rotatable bonds is 7. The summed E-state index contributed by atoms with van der Waals surface area (Å²) in [7, 11) is 0. The Morgan fingerprint density at radius 3 is 2.74 bits per heavy atom. The van der Waals surface area contributed by atoms with E-state index in [9.17, 15) is 9.18 Å². The lowest BCUT2D eigenvalue weighted by Crippen LogP contribution is -2.43. The fraction of sp³-hybridized carbons (Fsp3) is 0.310. The highest BCUT2D eigenvalue weighted by Crippen LogP contribution is 2.25. The molecule has 5 rings (SSSR count). The first-order valence-corrected chi connectivity index (χ1v) is 12.3. The third-order valence-corrected chi connectivity index (χ3v) is 6.75. The van der Waals surface area contributed by atoms with E-state index in [-0.39, 0.29) is 17.6 Å². The maximum atomic E-state index is 13.6. The van der Waals surface area contributed by atoms with Crippen LogP contribution in [0.2, 0.25) is 0 Å². The second-order valence-corrected chi connectivity index (χ2v) is 9.43. The third kappa shape index (κ3) is 5.43. The number of piperidine rings is 1. The van der Waals surface area contributed by atoms with Gasteiger partial charge in [0.25, 0.3) is 0 Å². The molecule has 3 aromatic carbocycles. The van der Waals surface area contributed by atoms with E-state index in [1.165, 1.54) is 23.3 Å². The molecular formula is C29H31FN4O. The molecule has 6 heteroatoms. The van der Waals surface area contributed by atoms with Gasteiger partial charge < -0.3 is 5.32 Å². The minimum absolute atomic E-state index is 0.0232. The number of amides is 1. The van der Waals surface area contributed by atoms with Crippen LogP contribution in [0.5, 0.6) is 0 Å². The number of imidazole rings is 1. The van der Waals surface area contributed by atoms with E-state index in [0.717, 1.165) is 48.4 Å². The molecule has 0 bridgehead atoms. The second-order valence-electron chi connectivity index (χ2n) is 9.43. The topological polar surface area (TPSA) is 50.2 Å². The lowest BCUT2D eigenvalue weighted by Gasteiger charge is -2.31. The molecule has 1 aromatic heterocycles. The summed E-state index contributed by atoms with van der Waals surface area (Å²) >= 11 is 0. The van der Waals surface area contributed by atoms with Crippen molar-refractivity contribution in [3.63, 3.8) is 0 Å². The number of nitrogens with zero attached hydrogens (tertiary/aromatic N) is 3. The van der Waals surface area contributed by atoms with Crippen molar-refractivity contribution in [3.8, 4) is 5.69 Å². The lowest BCUT2D eigenvalue weighted by atomic mass is 9.97. The Labute approximate surface area is 205 Å². The molecule has 5 nitrogen and oxygen atoms in total. The van der Waals surface area contributed by atoms with E-state index in [1.54, 1.807) is 12.1 Å². The molecule has 1 aliphatic rings. The van der Waals surface area contributed by atoms with Crippen LogP contribution in [0.3, 0.4) is 0 Å². The molecule has 4 aromatic rings. The lowest BCUT2D eigenvalue weighted by molar-refractivity contribution is -0.126. The minimum atomic E-state index is -0.257. The second kappa shape index (κ2) is 10.4. The first-order chi connectivity index (χ1) is 17.1. The molecule has 2 heterocycles. The van der Waals surface area contributed by atoms with Gasteiger partial charge >= 0.3 is 0 Å². The van der Waals surface area contributed by atoms with Crippen molar-refractivity contribution in [2.45, 2.75) is 32.7 Å². The third-order valence-electron chi connectivity index (χ3n) is 6.75. The Kier molecular flexibility index (Phi) is 6.91. The van der Waals surface area contributed by atoms with Crippen molar-refractivity contribution in [1.82, 2.24) is 19.8 Å². The Morgan fingerprint density at radius 1 is 1.09 bits per heavy atom. The highest BCUT2D eigenvalue weighted by atomic mass is 19.1. The van der Waals surface area contributed by atoms with Crippen molar-refractivity contribution in [2.75, 3.05) is 19.6 Å². The van der Waals surface area contributed by atoms with Gasteiger partial charge in [0.1, 0.15) is 11.6 Å². The summed E-state index contributed by atoms with van der Waals surface area (Å²) in [5.41, 5.74) is 5.28. The summed E-state index contributed by atoms with van der Waals surface area (Å²) in [6.45, 7) is 5.02. The van der Waals surface area contributed by atoms with Crippen molar-refractivity contribution >= 4 is 16.9 Å². The van der Waals surface area contributed by atoms with Gasteiger partial charge in [-0.05, 0) is 74.7 Å². The summed E-state index contributed by atoms with van der Waals surface area (Å²) in [5.74, 6) is 0.754. The molecule has 0 spiro atoms. The van der Waals surface area contributed by atoms with Gasteiger partial charge in [-0.3, -0.25) is 14.3 Å². The molecular weight excluding hydrogens is 439 g/mol. The largest absolute Gasteiger partial charge is 0.355 e. The van der Waals surface area contributed by atoms with Gasteiger partial charge in [-0.15, -0.1) is 0 Å². The molecule has 1 saturated heterocycles. The molecule has 0 saturated carbocycles. The van der Waals surface area contributed by atoms with Gasteiger partial charge in [0, 0.05) is 18.8 Å².